The van der Waals surface area contributed by atoms with Gasteiger partial charge in [-0.05, 0) is 42.9 Å². The van der Waals surface area contributed by atoms with Crippen molar-refractivity contribution in [3.63, 3.8) is 0 Å². The van der Waals surface area contributed by atoms with Gasteiger partial charge in [-0.2, -0.15) is 0 Å². The van der Waals surface area contributed by atoms with Crippen LogP contribution in [-0.4, -0.2) is 67.5 Å². The number of nitro groups is 1. The highest BCUT2D eigenvalue weighted by Gasteiger charge is 2.63. The Labute approximate surface area is 195 Å². The Balaban J connectivity index is 1.66. The van der Waals surface area contributed by atoms with Crippen LogP contribution >= 0.6 is 0 Å². The first-order valence-corrected chi connectivity index (χ1v) is 10.8. The van der Waals surface area contributed by atoms with Gasteiger partial charge in [-0.3, -0.25) is 25.0 Å². The lowest BCUT2D eigenvalue weighted by molar-refractivity contribution is -0.384. The molecule has 1 N–H and O–H groups in total. The molecule has 0 radical (unpaired) electrons. The number of rotatable bonds is 3. The molecule has 11 heteroatoms. The number of ether oxygens (including phenoxy) is 1. The van der Waals surface area contributed by atoms with Gasteiger partial charge in [0.05, 0.1) is 23.8 Å². The summed E-state index contributed by atoms with van der Waals surface area (Å²) >= 11 is 0. The molecule has 0 saturated carbocycles. The maximum Gasteiger partial charge on any atom is 0.335 e. The fourth-order valence-electron chi connectivity index (χ4n) is 5.22. The van der Waals surface area contributed by atoms with E-state index in [1.807, 2.05) is 16.8 Å². The summed E-state index contributed by atoms with van der Waals surface area (Å²) in [5, 5.41) is 13.8. The maximum absolute atomic E-state index is 14.1. The molecule has 0 unspecified atom stereocenters. The van der Waals surface area contributed by atoms with Crippen molar-refractivity contribution in [1.82, 2.24) is 10.2 Å². The quantitative estimate of drug-likeness (QED) is 0.411. The number of carbonyl (C=O) groups excluding carboxylic acids is 3. The zero-order chi connectivity index (χ0) is 24.2. The van der Waals surface area contributed by atoms with Crippen molar-refractivity contribution in [2.75, 3.05) is 43.6 Å². The van der Waals surface area contributed by atoms with Gasteiger partial charge in [0, 0.05) is 43.9 Å². The van der Waals surface area contributed by atoms with Crippen LogP contribution in [-0.2, 0) is 16.0 Å². The molecule has 5 rings (SSSR count). The summed E-state index contributed by atoms with van der Waals surface area (Å²) in [7, 11) is 3.42. The monoisotopic (exact) mass is 465 g/mol. The molecule has 11 nitrogen and oxygen atoms in total. The molecule has 0 bridgehead atoms. The van der Waals surface area contributed by atoms with Crippen LogP contribution in [0.5, 0.6) is 5.75 Å². The summed E-state index contributed by atoms with van der Waals surface area (Å²) in [5.74, 6) is -0.776. The number of imide groups is 2. The van der Waals surface area contributed by atoms with E-state index in [0.29, 0.717) is 36.6 Å². The van der Waals surface area contributed by atoms with Crippen molar-refractivity contribution in [2.24, 2.45) is 5.41 Å². The number of hydrogen-bond donors (Lipinski definition) is 1. The molecular formula is C23H23N5O6. The van der Waals surface area contributed by atoms with Crippen LogP contribution in [0, 0.1) is 15.5 Å². The summed E-state index contributed by atoms with van der Waals surface area (Å²) in [5.41, 5.74) is -0.153. The van der Waals surface area contributed by atoms with Gasteiger partial charge in [-0.25, -0.2) is 9.69 Å². The molecule has 2 fully saturated rings. The zero-order valence-electron chi connectivity index (χ0n) is 18.7. The van der Waals surface area contributed by atoms with Crippen LogP contribution in [0.4, 0.5) is 21.9 Å². The predicted molar refractivity (Wildman–Crippen MR) is 122 cm³/mol. The first kappa shape index (κ1) is 21.8. The predicted octanol–water partition coefficient (Wildman–Crippen LogP) is 1.55. The number of carbonyl (C=O) groups is 3. The number of nitrogens with one attached hydrogen (secondary N) is 1. The molecular weight excluding hydrogens is 442 g/mol. The van der Waals surface area contributed by atoms with Gasteiger partial charge >= 0.3 is 6.03 Å². The molecule has 1 spiro atoms. The lowest BCUT2D eigenvalue weighted by atomic mass is 9.67. The average molecular weight is 465 g/mol. The summed E-state index contributed by atoms with van der Waals surface area (Å²) in [6, 6.07) is 9.54. The molecule has 0 aromatic heterocycles. The minimum Gasteiger partial charge on any atom is -0.497 e. The van der Waals surface area contributed by atoms with Gasteiger partial charge in [-0.15, -0.1) is 0 Å². The Hall–Kier alpha value is -3.99. The van der Waals surface area contributed by atoms with Crippen LogP contribution in [0.2, 0.25) is 0 Å². The van der Waals surface area contributed by atoms with Crippen molar-refractivity contribution in [1.29, 1.82) is 0 Å². The summed E-state index contributed by atoms with van der Waals surface area (Å²) < 4.78 is 5.16. The van der Waals surface area contributed by atoms with Crippen LogP contribution in [0.25, 0.3) is 0 Å². The number of fused-ring (bicyclic) bond motifs is 4. The number of amides is 4. The second kappa shape index (κ2) is 7.80. The molecule has 3 heterocycles. The molecule has 3 aliphatic heterocycles. The second-order valence-corrected chi connectivity index (χ2v) is 8.79. The number of urea groups is 1. The minimum atomic E-state index is -1.63. The van der Waals surface area contributed by atoms with Crippen molar-refractivity contribution < 1.29 is 24.0 Å². The highest BCUT2D eigenvalue weighted by atomic mass is 16.6. The molecule has 176 valence electrons. The van der Waals surface area contributed by atoms with Crippen molar-refractivity contribution in [2.45, 2.75) is 12.5 Å². The fraction of sp³-hybridized carbons (Fsp3) is 0.348. The first-order chi connectivity index (χ1) is 16.3. The summed E-state index contributed by atoms with van der Waals surface area (Å²) in [6.07, 6.45) is -0.0520. The van der Waals surface area contributed by atoms with Crippen molar-refractivity contribution >= 4 is 34.9 Å². The highest BCUT2D eigenvalue weighted by Crippen LogP contribution is 2.47. The third kappa shape index (κ3) is 3.11. The van der Waals surface area contributed by atoms with Gasteiger partial charge in [0.2, 0.25) is 5.91 Å². The molecule has 34 heavy (non-hydrogen) atoms. The van der Waals surface area contributed by atoms with Crippen LogP contribution in [0.15, 0.2) is 42.5 Å². The van der Waals surface area contributed by atoms with Gasteiger partial charge in [0.1, 0.15) is 5.75 Å². The summed E-state index contributed by atoms with van der Waals surface area (Å²) in [6.45, 7) is 1.64. The number of piperazine rings is 1. The maximum atomic E-state index is 14.1. The van der Waals surface area contributed by atoms with Gasteiger partial charge in [0.25, 0.3) is 11.6 Å². The number of non-ortho nitro benzene ring substituents is 1. The number of anilines is 2. The Morgan fingerprint density at radius 3 is 2.53 bits per heavy atom. The number of benzene rings is 2. The van der Waals surface area contributed by atoms with E-state index in [2.05, 4.69) is 5.32 Å². The summed E-state index contributed by atoms with van der Waals surface area (Å²) in [4.78, 5) is 56.3. The highest BCUT2D eigenvalue weighted by molar-refractivity contribution is 6.30. The van der Waals surface area contributed by atoms with E-state index in [4.69, 9.17) is 4.74 Å². The van der Waals surface area contributed by atoms with Crippen LogP contribution in [0.3, 0.4) is 0 Å². The van der Waals surface area contributed by atoms with E-state index in [1.54, 1.807) is 30.3 Å². The zero-order valence-corrected chi connectivity index (χ0v) is 18.7. The normalized spacial score (nSPS) is 24.5. The third-order valence-corrected chi connectivity index (χ3v) is 6.95. The molecule has 2 aromatic carbocycles. The lowest BCUT2D eigenvalue weighted by Crippen LogP contribution is -2.75. The molecule has 2 aromatic rings. The van der Waals surface area contributed by atoms with Crippen molar-refractivity contribution in [3.8, 4) is 5.75 Å². The molecule has 2 atom stereocenters. The van der Waals surface area contributed by atoms with E-state index in [1.165, 1.54) is 19.2 Å². The van der Waals surface area contributed by atoms with E-state index < -0.39 is 34.2 Å². The smallest absolute Gasteiger partial charge is 0.335 e. The Bertz CT molecular complexity index is 1210. The van der Waals surface area contributed by atoms with Crippen molar-refractivity contribution in [3.05, 3.63) is 58.1 Å². The molecule has 2 saturated heterocycles. The largest absolute Gasteiger partial charge is 0.497 e. The number of barbiturate groups is 1. The van der Waals surface area contributed by atoms with Crippen LogP contribution < -0.4 is 19.9 Å². The number of methoxy groups -OCH3 is 1. The fourth-order valence-corrected chi connectivity index (χ4v) is 5.22. The van der Waals surface area contributed by atoms with Gasteiger partial charge < -0.3 is 14.5 Å². The van der Waals surface area contributed by atoms with Crippen LogP contribution in [0.1, 0.15) is 5.56 Å². The number of nitro benzene ring substituents is 1. The Morgan fingerprint density at radius 2 is 1.85 bits per heavy atom. The van der Waals surface area contributed by atoms with E-state index in [-0.39, 0.29) is 12.1 Å². The Morgan fingerprint density at radius 1 is 1.12 bits per heavy atom. The minimum absolute atomic E-state index is 0.0520. The molecule has 4 amide bonds. The van der Waals surface area contributed by atoms with E-state index in [9.17, 15) is 24.5 Å². The third-order valence-electron chi connectivity index (χ3n) is 6.95. The second-order valence-electron chi connectivity index (χ2n) is 8.79. The van der Waals surface area contributed by atoms with Gasteiger partial charge in [-0.1, -0.05) is 0 Å². The standard InChI is InChI=1S/C23H23N5O6/c1-25-9-10-26-18-8-5-16(28(32)33)11-14(18)12-23(19(26)13-25)20(29)24-22(31)27(21(23)30)15-3-6-17(34-2)7-4-15/h3-8,11,19H,9-10,12-13H2,1-2H3,(H,24,29,31)/t19-,23+/m1/s1. The van der Waals surface area contributed by atoms with E-state index >= 15 is 0 Å². The number of nitrogens with zero attached hydrogens (tertiary/aromatic N) is 4. The SMILES string of the molecule is COc1ccc(N2C(=O)NC(=O)[C@@]3(Cc4cc([N+](=O)[O-])ccc4N4CCN(C)C[C@@H]43)C2=O)cc1. The number of likely N-dealkylation sites (N-methyl/N-ethyl adjacent to an activating group) is 1. The lowest BCUT2D eigenvalue weighted by Gasteiger charge is -2.54. The Kier molecular flexibility index (Phi) is 5.01. The topological polar surface area (TPSA) is 125 Å². The first-order valence-electron chi connectivity index (χ1n) is 10.8. The average Bonchev–Trinajstić information content (AvgIpc) is 2.82. The van der Waals surface area contributed by atoms with E-state index in [0.717, 1.165) is 10.6 Å². The van der Waals surface area contributed by atoms with Gasteiger partial charge in [0.15, 0.2) is 5.41 Å². The molecule has 0 aliphatic carbocycles. The number of hydrogen-bond acceptors (Lipinski definition) is 8. The molecule has 3 aliphatic rings.